The van der Waals surface area contributed by atoms with Crippen molar-refractivity contribution in [3.8, 4) is 0 Å². The first-order valence-corrected chi connectivity index (χ1v) is 10.1. The van der Waals surface area contributed by atoms with Crippen LogP contribution in [0.5, 0.6) is 0 Å². The van der Waals surface area contributed by atoms with Crippen molar-refractivity contribution in [2.45, 2.75) is 52.5 Å². The second kappa shape index (κ2) is 9.04. The van der Waals surface area contributed by atoms with Crippen molar-refractivity contribution >= 4 is 11.8 Å². The van der Waals surface area contributed by atoms with Crippen molar-refractivity contribution < 1.29 is 14.1 Å². The normalized spacial score (nSPS) is 16.0. The highest BCUT2D eigenvalue weighted by Crippen LogP contribution is 2.24. The Morgan fingerprint density at radius 1 is 1.25 bits per heavy atom. The highest BCUT2D eigenvalue weighted by atomic mass is 16.5. The quantitative estimate of drug-likeness (QED) is 0.826. The van der Waals surface area contributed by atoms with Gasteiger partial charge in [0.15, 0.2) is 0 Å². The lowest BCUT2D eigenvalue weighted by atomic mass is 9.92. The van der Waals surface area contributed by atoms with Crippen LogP contribution in [0.2, 0.25) is 0 Å². The minimum Gasteiger partial charge on any atom is -0.361 e. The summed E-state index contributed by atoms with van der Waals surface area (Å²) in [6.07, 6.45) is 2.86. The molecule has 2 aromatic rings. The van der Waals surface area contributed by atoms with Crippen molar-refractivity contribution in [1.82, 2.24) is 15.4 Å². The van der Waals surface area contributed by atoms with Gasteiger partial charge in [-0.05, 0) is 44.6 Å². The van der Waals surface area contributed by atoms with E-state index in [1.165, 1.54) is 0 Å². The molecule has 1 aliphatic heterocycles. The van der Waals surface area contributed by atoms with E-state index in [9.17, 15) is 9.59 Å². The van der Waals surface area contributed by atoms with E-state index in [1.54, 1.807) is 6.92 Å². The number of aromatic nitrogens is 1. The Labute approximate surface area is 166 Å². The average molecular weight is 383 g/mol. The zero-order chi connectivity index (χ0) is 20.1. The molecule has 0 unspecified atom stereocenters. The largest absolute Gasteiger partial charge is 0.361 e. The van der Waals surface area contributed by atoms with Crippen LogP contribution < -0.4 is 5.32 Å². The molecule has 1 aliphatic rings. The predicted octanol–water partition coefficient (Wildman–Crippen LogP) is 3.67. The van der Waals surface area contributed by atoms with E-state index >= 15 is 0 Å². The summed E-state index contributed by atoms with van der Waals surface area (Å²) in [5.74, 6) is 0.958. The van der Waals surface area contributed by atoms with E-state index in [0.29, 0.717) is 43.2 Å². The van der Waals surface area contributed by atoms with E-state index in [2.05, 4.69) is 10.5 Å². The average Bonchev–Trinajstić information content (AvgIpc) is 3.09. The monoisotopic (exact) mass is 383 g/mol. The van der Waals surface area contributed by atoms with Gasteiger partial charge in [0, 0.05) is 19.5 Å². The van der Waals surface area contributed by atoms with Crippen LogP contribution in [0.4, 0.5) is 0 Å². The number of rotatable bonds is 6. The Balaban J connectivity index is 1.49. The third-order valence-electron chi connectivity index (χ3n) is 5.54. The number of aryl methyl sites for hydroxylation is 2. The molecular weight excluding hydrogens is 354 g/mol. The van der Waals surface area contributed by atoms with Gasteiger partial charge >= 0.3 is 0 Å². The van der Waals surface area contributed by atoms with Gasteiger partial charge in [0.05, 0.1) is 11.7 Å². The number of likely N-dealkylation sites (tertiary alicyclic amines) is 1. The summed E-state index contributed by atoms with van der Waals surface area (Å²) in [4.78, 5) is 27.1. The highest BCUT2D eigenvalue weighted by Gasteiger charge is 2.29. The Bertz CT molecular complexity index is 808. The summed E-state index contributed by atoms with van der Waals surface area (Å²) in [5, 5.41) is 7.06. The van der Waals surface area contributed by atoms with Crippen molar-refractivity contribution in [1.29, 1.82) is 0 Å². The molecule has 1 fully saturated rings. The molecule has 0 aliphatic carbocycles. The number of hydrogen-bond acceptors (Lipinski definition) is 4. The van der Waals surface area contributed by atoms with Gasteiger partial charge in [0.25, 0.3) is 5.91 Å². The van der Waals surface area contributed by atoms with E-state index in [4.69, 9.17) is 4.52 Å². The lowest BCUT2D eigenvalue weighted by Gasteiger charge is -2.32. The molecule has 0 saturated carbocycles. The molecule has 28 heavy (non-hydrogen) atoms. The van der Waals surface area contributed by atoms with Crippen molar-refractivity contribution in [2.75, 3.05) is 13.1 Å². The topological polar surface area (TPSA) is 75.4 Å². The lowest BCUT2D eigenvalue weighted by molar-refractivity contribution is -0.122. The molecule has 0 radical (unpaired) electrons. The Morgan fingerprint density at radius 3 is 2.57 bits per heavy atom. The van der Waals surface area contributed by atoms with Crippen LogP contribution in [-0.2, 0) is 11.2 Å². The Hall–Kier alpha value is -2.63. The minimum absolute atomic E-state index is 0.000558. The fourth-order valence-electron chi connectivity index (χ4n) is 3.82. The molecule has 1 atom stereocenters. The third kappa shape index (κ3) is 4.61. The molecule has 0 spiro atoms. The van der Waals surface area contributed by atoms with Crippen LogP contribution >= 0.6 is 0 Å². The van der Waals surface area contributed by atoms with Crippen LogP contribution in [0.1, 0.15) is 66.5 Å². The molecule has 1 aromatic carbocycles. The van der Waals surface area contributed by atoms with Crippen molar-refractivity contribution in [3.05, 3.63) is 52.9 Å². The van der Waals surface area contributed by atoms with Crippen LogP contribution in [0.15, 0.2) is 34.9 Å². The predicted molar refractivity (Wildman–Crippen MR) is 107 cm³/mol. The van der Waals surface area contributed by atoms with Crippen LogP contribution in [0.25, 0.3) is 0 Å². The Morgan fingerprint density at radius 2 is 1.93 bits per heavy atom. The van der Waals surface area contributed by atoms with Crippen LogP contribution in [0, 0.1) is 12.8 Å². The van der Waals surface area contributed by atoms with Gasteiger partial charge in [0.2, 0.25) is 5.91 Å². The molecular formula is C22H29N3O3. The maximum absolute atomic E-state index is 12.8. The molecule has 150 valence electrons. The summed E-state index contributed by atoms with van der Waals surface area (Å²) < 4.78 is 5.20. The van der Waals surface area contributed by atoms with E-state index in [-0.39, 0.29) is 17.9 Å². The molecule has 6 nitrogen and oxygen atoms in total. The van der Waals surface area contributed by atoms with E-state index in [0.717, 1.165) is 24.1 Å². The summed E-state index contributed by atoms with van der Waals surface area (Å²) in [7, 11) is 0. The molecule has 2 heterocycles. The second-order valence-corrected chi connectivity index (χ2v) is 7.55. The first-order chi connectivity index (χ1) is 13.5. The Kier molecular flexibility index (Phi) is 6.49. The van der Waals surface area contributed by atoms with Crippen LogP contribution in [0.3, 0.4) is 0 Å². The fraction of sp³-hybridized carbons (Fsp3) is 0.500. The molecule has 1 aromatic heterocycles. The number of carbonyl (C=O) groups is 2. The summed E-state index contributed by atoms with van der Waals surface area (Å²) >= 11 is 0. The molecule has 3 rings (SSSR count). The van der Waals surface area contributed by atoms with E-state index < -0.39 is 0 Å². The summed E-state index contributed by atoms with van der Waals surface area (Å²) in [6.45, 7) is 7.08. The first-order valence-electron chi connectivity index (χ1n) is 10.1. The maximum Gasteiger partial charge on any atom is 0.259 e. The molecule has 1 saturated heterocycles. The van der Waals surface area contributed by atoms with Gasteiger partial charge in [-0.15, -0.1) is 0 Å². The SMILES string of the molecule is CCc1noc(C)c1C(=O)N1CCC(CC(=O)N[C@H](C)c2ccccc2)CC1. The van der Waals surface area contributed by atoms with Gasteiger partial charge in [-0.3, -0.25) is 9.59 Å². The second-order valence-electron chi connectivity index (χ2n) is 7.55. The fourth-order valence-corrected chi connectivity index (χ4v) is 3.82. The number of piperidine rings is 1. The minimum atomic E-state index is -0.00352. The lowest BCUT2D eigenvalue weighted by Crippen LogP contribution is -2.40. The van der Waals surface area contributed by atoms with Crippen LogP contribution in [-0.4, -0.2) is 35.0 Å². The third-order valence-corrected chi connectivity index (χ3v) is 5.54. The van der Waals surface area contributed by atoms with Gasteiger partial charge in [-0.1, -0.05) is 42.4 Å². The smallest absolute Gasteiger partial charge is 0.259 e. The molecule has 6 heteroatoms. The van der Waals surface area contributed by atoms with E-state index in [1.807, 2.05) is 49.1 Å². The number of nitrogens with zero attached hydrogens (tertiary/aromatic N) is 2. The van der Waals surface area contributed by atoms with Crippen molar-refractivity contribution in [3.63, 3.8) is 0 Å². The number of amides is 2. The van der Waals surface area contributed by atoms with Crippen molar-refractivity contribution in [2.24, 2.45) is 5.92 Å². The molecule has 1 N–H and O–H groups in total. The zero-order valence-corrected chi connectivity index (χ0v) is 16.9. The van der Waals surface area contributed by atoms with Gasteiger partial charge < -0.3 is 14.7 Å². The molecule has 0 bridgehead atoms. The summed E-state index contributed by atoms with van der Waals surface area (Å²) in [5.41, 5.74) is 2.43. The van der Waals surface area contributed by atoms with Gasteiger partial charge in [0.1, 0.15) is 11.3 Å². The number of carbonyl (C=O) groups excluding carboxylic acids is 2. The van der Waals surface area contributed by atoms with Gasteiger partial charge in [-0.25, -0.2) is 0 Å². The first kappa shape index (κ1) is 20.1. The molecule has 2 amide bonds. The maximum atomic E-state index is 12.8. The number of benzene rings is 1. The number of hydrogen-bond donors (Lipinski definition) is 1. The summed E-state index contributed by atoms with van der Waals surface area (Å²) in [6, 6.07) is 9.97. The van der Waals surface area contributed by atoms with Gasteiger partial charge in [-0.2, -0.15) is 0 Å². The highest BCUT2D eigenvalue weighted by molar-refractivity contribution is 5.96. The standard InChI is InChI=1S/C22H29N3O3/c1-4-19-21(16(3)28-24-19)22(27)25-12-10-17(11-13-25)14-20(26)23-15(2)18-8-6-5-7-9-18/h5-9,15,17H,4,10-14H2,1-3H3,(H,23,26)/t15-/m1/s1. The number of nitrogens with one attached hydrogen (secondary N) is 1. The zero-order valence-electron chi connectivity index (χ0n) is 16.9.